The molecule has 0 fully saturated rings. The maximum absolute atomic E-state index is 12.8. The first-order chi connectivity index (χ1) is 14.5. The van der Waals surface area contributed by atoms with E-state index in [1.807, 2.05) is 30.5 Å². The van der Waals surface area contributed by atoms with Gasteiger partial charge in [0.1, 0.15) is 6.54 Å². The minimum atomic E-state index is -4.51. The smallest absolute Gasteiger partial charge is 0.343 e. The summed E-state index contributed by atoms with van der Waals surface area (Å²) in [6.07, 6.45) is -4.51. The lowest BCUT2D eigenvalue weighted by Gasteiger charge is -2.13. The molecule has 0 spiro atoms. The van der Waals surface area contributed by atoms with Crippen molar-refractivity contribution < 1.29 is 22.8 Å². The Morgan fingerprint density at radius 3 is 2.29 bits per heavy atom. The molecule has 0 saturated carbocycles. The lowest BCUT2D eigenvalue weighted by Crippen LogP contribution is -2.33. The van der Waals surface area contributed by atoms with Crippen LogP contribution < -0.4 is 10.6 Å². The Hall–Kier alpha value is -3.26. The van der Waals surface area contributed by atoms with E-state index in [2.05, 4.69) is 5.32 Å². The lowest BCUT2D eigenvalue weighted by atomic mass is 10.1. The Labute approximate surface area is 181 Å². The molecule has 0 unspecified atom stereocenters. The van der Waals surface area contributed by atoms with E-state index in [9.17, 15) is 22.8 Å². The third-order valence-corrected chi connectivity index (χ3v) is 4.89. The van der Waals surface area contributed by atoms with Crippen molar-refractivity contribution in [3.8, 4) is 5.69 Å². The van der Waals surface area contributed by atoms with E-state index in [1.54, 1.807) is 23.5 Å². The number of aromatic nitrogens is 1. The topological polar surface area (TPSA) is 63.1 Å². The van der Waals surface area contributed by atoms with Gasteiger partial charge < -0.3 is 15.2 Å². The molecule has 5 nitrogen and oxygen atoms in total. The highest BCUT2D eigenvalue weighted by Gasteiger charge is 2.28. The number of nitrogens with one attached hydrogen (secondary N) is 2. The minimum absolute atomic E-state index is 0.0134. The van der Waals surface area contributed by atoms with Gasteiger partial charge in [0.2, 0.25) is 0 Å². The molecule has 31 heavy (non-hydrogen) atoms. The van der Waals surface area contributed by atoms with Crippen molar-refractivity contribution in [1.82, 2.24) is 9.88 Å². The zero-order valence-electron chi connectivity index (χ0n) is 16.7. The van der Waals surface area contributed by atoms with Gasteiger partial charge in [-0.3, -0.25) is 9.59 Å². The summed E-state index contributed by atoms with van der Waals surface area (Å²) in [5.74, 6) is -1.41. The second-order valence-electron chi connectivity index (χ2n) is 6.95. The molecule has 0 radical (unpaired) electrons. The highest BCUT2D eigenvalue weighted by molar-refractivity contribution is 6.34. The van der Waals surface area contributed by atoms with Gasteiger partial charge in [0.15, 0.2) is 0 Å². The maximum Gasteiger partial charge on any atom is 0.405 e. The van der Waals surface area contributed by atoms with Crippen LogP contribution in [0.4, 0.5) is 18.9 Å². The van der Waals surface area contributed by atoms with E-state index < -0.39 is 24.5 Å². The largest absolute Gasteiger partial charge is 0.405 e. The molecule has 3 rings (SSSR count). The second kappa shape index (κ2) is 8.85. The standard InChI is InChI=1S/C22H19ClF3N3O2/c1-13-6-7-14(2)29(13)17-8-9-19(23)18(11-17)21(31)28-16-5-3-4-15(10-16)20(30)27-12-22(24,25)26/h3-11H,12H2,1-2H3,(H,27,30)(H,28,31). The second-order valence-corrected chi connectivity index (χ2v) is 7.36. The van der Waals surface area contributed by atoms with Crippen molar-refractivity contribution in [2.45, 2.75) is 20.0 Å². The van der Waals surface area contributed by atoms with Crippen LogP contribution >= 0.6 is 11.6 Å². The molecule has 0 aliphatic carbocycles. The Kier molecular flexibility index (Phi) is 6.40. The number of amides is 2. The fourth-order valence-electron chi connectivity index (χ4n) is 3.12. The first-order valence-electron chi connectivity index (χ1n) is 9.26. The number of halogens is 4. The number of aryl methyl sites for hydroxylation is 2. The van der Waals surface area contributed by atoms with Gasteiger partial charge in [-0.1, -0.05) is 17.7 Å². The van der Waals surface area contributed by atoms with E-state index in [4.69, 9.17) is 11.6 Å². The number of hydrogen-bond donors (Lipinski definition) is 2. The maximum atomic E-state index is 12.8. The average molecular weight is 450 g/mol. The highest BCUT2D eigenvalue weighted by atomic mass is 35.5. The zero-order chi connectivity index (χ0) is 22.8. The van der Waals surface area contributed by atoms with E-state index in [-0.39, 0.29) is 21.8 Å². The van der Waals surface area contributed by atoms with Gasteiger partial charge in [-0.15, -0.1) is 0 Å². The van der Waals surface area contributed by atoms with Crippen LogP contribution in [-0.2, 0) is 0 Å². The Morgan fingerprint density at radius 2 is 1.65 bits per heavy atom. The number of anilines is 1. The summed E-state index contributed by atoms with van der Waals surface area (Å²) in [6, 6.07) is 14.6. The molecular formula is C22H19ClF3N3O2. The summed E-state index contributed by atoms with van der Waals surface area (Å²) in [5.41, 5.74) is 3.20. The van der Waals surface area contributed by atoms with Gasteiger partial charge in [0, 0.05) is 28.3 Å². The van der Waals surface area contributed by atoms with Crippen LogP contribution in [0.2, 0.25) is 5.02 Å². The quantitative estimate of drug-likeness (QED) is 0.555. The molecule has 0 atom stereocenters. The van der Waals surface area contributed by atoms with Crippen LogP contribution in [0.25, 0.3) is 5.69 Å². The lowest BCUT2D eigenvalue weighted by molar-refractivity contribution is -0.123. The van der Waals surface area contributed by atoms with Gasteiger partial charge in [-0.2, -0.15) is 13.2 Å². The van der Waals surface area contributed by atoms with Crippen molar-refractivity contribution in [1.29, 1.82) is 0 Å². The highest BCUT2D eigenvalue weighted by Crippen LogP contribution is 2.24. The van der Waals surface area contributed by atoms with Crippen molar-refractivity contribution in [3.63, 3.8) is 0 Å². The predicted octanol–water partition coefficient (Wildman–Crippen LogP) is 5.29. The van der Waals surface area contributed by atoms with E-state index in [1.165, 1.54) is 24.3 Å². The van der Waals surface area contributed by atoms with Crippen molar-refractivity contribution in [2.24, 2.45) is 0 Å². The normalized spacial score (nSPS) is 11.3. The van der Waals surface area contributed by atoms with Gasteiger partial charge in [-0.05, 0) is 62.4 Å². The molecule has 0 saturated heterocycles. The zero-order valence-corrected chi connectivity index (χ0v) is 17.4. The first kappa shape index (κ1) is 22.4. The van der Waals surface area contributed by atoms with Crippen molar-refractivity contribution in [2.75, 3.05) is 11.9 Å². The summed E-state index contributed by atoms with van der Waals surface area (Å²) in [7, 11) is 0. The van der Waals surface area contributed by atoms with Crippen LogP contribution in [0.5, 0.6) is 0 Å². The van der Waals surface area contributed by atoms with Crippen molar-refractivity contribution >= 4 is 29.1 Å². The molecule has 1 aromatic heterocycles. The molecule has 2 aromatic carbocycles. The molecule has 0 bridgehead atoms. The SMILES string of the molecule is Cc1ccc(C)n1-c1ccc(Cl)c(C(=O)Nc2cccc(C(=O)NCC(F)(F)F)c2)c1. The predicted molar refractivity (Wildman–Crippen MR) is 113 cm³/mol. The molecule has 0 aliphatic heterocycles. The third kappa shape index (κ3) is 5.46. The summed E-state index contributed by atoms with van der Waals surface area (Å²) >= 11 is 6.22. The number of rotatable bonds is 5. The van der Waals surface area contributed by atoms with Gasteiger partial charge in [0.25, 0.3) is 11.8 Å². The molecule has 2 amide bonds. The monoisotopic (exact) mass is 449 g/mol. The summed E-state index contributed by atoms with van der Waals surface area (Å²) in [5, 5.41) is 4.67. The average Bonchev–Trinajstić information content (AvgIpc) is 3.04. The van der Waals surface area contributed by atoms with E-state index >= 15 is 0 Å². The van der Waals surface area contributed by atoms with Gasteiger partial charge in [-0.25, -0.2) is 0 Å². The summed E-state index contributed by atoms with van der Waals surface area (Å²) in [4.78, 5) is 24.8. The number of hydrogen-bond acceptors (Lipinski definition) is 2. The first-order valence-corrected chi connectivity index (χ1v) is 9.64. The fourth-order valence-corrected chi connectivity index (χ4v) is 3.32. The molecule has 162 valence electrons. The summed E-state index contributed by atoms with van der Waals surface area (Å²) in [6.45, 7) is 2.44. The van der Waals surface area contributed by atoms with E-state index in [0.29, 0.717) is 0 Å². The van der Waals surface area contributed by atoms with Crippen LogP contribution in [-0.4, -0.2) is 29.1 Å². The van der Waals surface area contributed by atoms with Crippen LogP contribution in [0.15, 0.2) is 54.6 Å². The fraction of sp³-hybridized carbons (Fsp3) is 0.182. The number of benzene rings is 2. The number of alkyl halides is 3. The molecule has 3 aromatic rings. The van der Waals surface area contributed by atoms with Crippen LogP contribution in [0, 0.1) is 13.8 Å². The third-order valence-electron chi connectivity index (χ3n) is 4.56. The molecule has 0 aliphatic rings. The Balaban J connectivity index is 1.81. The number of nitrogens with zero attached hydrogens (tertiary/aromatic N) is 1. The molecule has 9 heteroatoms. The minimum Gasteiger partial charge on any atom is -0.343 e. The molecule has 2 N–H and O–H groups in total. The van der Waals surface area contributed by atoms with Crippen LogP contribution in [0.3, 0.4) is 0 Å². The molecular weight excluding hydrogens is 431 g/mol. The number of carbonyl (C=O) groups is 2. The Bertz CT molecular complexity index is 1120. The Morgan fingerprint density at radius 1 is 0.968 bits per heavy atom. The van der Waals surface area contributed by atoms with Gasteiger partial charge >= 0.3 is 6.18 Å². The molecule has 1 heterocycles. The van der Waals surface area contributed by atoms with Crippen LogP contribution in [0.1, 0.15) is 32.1 Å². The summed E-state index contributed by atoms with van der Waals surface area (Å²) < 4.78 is 38.9. The van der Waals surface area contributed by atoms with E-state index in [0.717, 1.165) is 17.1 Å². The van der Waals surface area contributed by atoms with Crippen molar-refractivity contribution in [3.05, 3.63) is 82.1 Å². The number of carbonyl (C=O) groups excluding carboxylic acids is 2. The van der Waals surface area contributed by atoms with Gasteiger partial charge in [0.05, 0.1) is 10.6 Å².